The summed E-state index contributed by atoms with van der Waals surface area (Å²) in [6, 6.07) is 16.5. The highest BCUT2D eigenvalue weighted by Crippen LogP contribution is 2.16. The number of para-hydroxylation sites is 1. The zero-order valence-electron chi connectivity index (χ0n) is 14.9. The highest BCUT2D eigenvalue weighted by atomic mass is 19.1. The molecule has 0 radical (unpaired) electrons. The number of hydrogen-bond acceptors (Lipinski definition) is 2. The van der Waals surface area contributed by atoms with Gasteiger partial charge in [0.2, 0.25) is 0 Å². The van der Waals surface area contributed by atoms with Crippen LogP contribution in [0, 0.1) is 12.7 Å². The van der Waals surface area contributed by atoms with Gasteiger partial charge in [0.1, 0.15) is 11.5 Å². The number of hydrogen-bond donors (Lipinski definition) is 2. The number of aromatic nitrogens is 3. The predicted octanol–water partition coefficient (Wildman–Crippen LogP) is 3.79. The molecule has 0 unspecified atom stereocenters. The third kappa shape index (κ3) is 3.60. The Morgan fingerprint density at radius 1 is 1.19 bits per heavy atom. The Hall–Kier alpha value is -3.41. The van der Waals surface area contributed by atoms with Gasteiger partial charge in [-0.15, -0.1) is 0 Å². The van der Waals surface area contributed by atoms with Crippen molar-refractivity contribution in [2.75, 3.05) is 0 Å². The number of aryl methyl sites for hydroxylation is 1. The monoisotopic (exact) mass is 362 g/mol. The Labute approximate surface area is 155 Å². The number of carbonyl (C=O) groups excluding carboxylic acids is 1. The summed E-state index contributed by atoms with van der Waals surface area (Å²) in [4.78, 5) is 12.3. The molecule has 0 fully saturated rings. The van der Waals surface area contributed by atoms with Crippen molar-refractivity contribution in [3.05, 3.63) is 89.1 Å². The van der Waals surface area contributed by atoms with E-state index < -0.39 is 0 Å². The van der Waals surface area contributed by atoms with Gasteiger partial charge in [0.05, 0.1) is 12.2 Å². The van der Waals surface area contributed by atoms with Crippen LogP contribution in [0.3, 0.4) is 0 Å². The van der Waals surface area contributed by atoms with Crippen LogP contribution in [0.4, 0.5) is 4.39 Å². The van der Waals surface area contributed by atoms with Gasteiger partial charge in [-0.2, -0.15) is 5.10 Å². The topological polar surface area (TPSA) is 62.7 Å². The Morgan fingerprint density at radius 3 is 2.93 bits per heavy atom. The molecular weight excluding hydrogens is 343 g/mol. The maximum Gasteiger partial charge on any atom is 0.272 e. The Balaban J connectivity index is 1.44. The van der Waals surface area contributed by atoms with E-state index in [1.807, 2.05) is 25.3 Å². The van der Waals surface area contributed by atoms with E-state index >= 15 is 0 Å². The summed E-state index contributed by atoms with van der Waals surface area (Å²) in [6.07, 6.45) is 2.01. The average Bonchev–Trinajstić information content (AvgIpc) is 3.30. The lowest BCUT2D eigenvalue weighted by Crippen LogP contribution is -2.23. The molecule has 0 bridgehead atoms. The van der Waals surface area contributed by atoms with E-state index in [4.69, 9.17) is 0 Å². The molecule has 0 spiro atoms. The maximum atomic E-state index is 13.4. The van der Waals surface area contributed by atoms with E-state index in [0.717, 1.165) is 22.3 Å². The van der Waals surface area contributed by atoms with Crippen LogP contribution >= 0.6 is 0 Å². The molecule has 2 N–H and O–H groups in total. The minimum absolute atomic E-state index is 0.257. The summed E-state index contributed by atoms with van der Waals surface area (Å²) in [5.41, 5.74) is 3.95. The quantitative estimate of drug-likeness (QED) is 0.567. The van der Waals surface area contributed by atoms with Gasteiger partial charge in [0.15, 0.2) is 0 Å². The van der Waals surface area contributed by atoms with Gasteiger partial charge in [-0.3, -0.25) is 9.89 Å². The van der Waals surface area contributed by atoms with E-state index in [1.54, 1.807) is 12.1 Å². The summed E-state index contributed by atoms with van der Waals surface area (Å²) in [5, 5.41) is 11.0. The van der Waals surface area contributed by atoms with Gasteiger partial charge in [0, 0.05) is 18.3 Å². The second kappa shape index (κ2) is 7.07. The first-order valence-electron chi connectivity index (χ1n) is 8.71. The van der Waals surface area contributed by atoms with Crippen LogP contribution in [0.15, 0.2) is 60.8 Å². The molecule has 1 amide bonds. The summed E-state index contributed by atoms with van der Waals surface area (Å²) >= 11 is 0. The zero-order chi connectivity index (χ0) is 18.8. The van der Waals surface area contributed by atoms with E-state index in [-0.39, 0.29) is 18.3 Å². The minimum Gasteiger partial charge on any atom is -0.347 e. The Bertz CT molecular complexity index is 1110. The molecule has 2 heterocycles. The third-order valence-corrected chi connectivity index (χ3v) is 4.64. The molecule has 0 saturated heterocycles. The van der Waals surface area contributed by atoms with Crippen LogP contribution in [-0.4, -0.2) is 20.7 Å². The van der Waals surface area contributed by atoms with Gasteiger partial charge < -0.3 is 9.88 Å². The molecule has 27 heavy (non-hydrogen) atoms. The molecule has 4 rings (SSSR count). The third-order valence-electron chi connectivity index (χ3n) is 4.64. The molecule has 2 aromatic heterocycles. The largest absolute Gasteiger partial charge is 0.347 e. The van der Waals surface area contributed by atoms with Gasteiger partial charge in [-0.1, -0.05) is 24.3 Å². The van der Waals surface area contributed by atoms with Gasteiger partial charge >= 0.3 is 0 Å². The Kier molecular flexibility index (Phi) is 4.46. The summed E-state index contributed by atoms with van der Waals surface area (Å²) in [6.45, 7) is 2.73. The van der Waals surface area contributed by atoms with Crippen LogP contribution in [0.1, 0.15) is 27.3 Å². The van der Waals surface area contributed by atoms with Crippen molar-refractivity contribution in [3.8, 4) is 0 Å². The molecule has 0 atom stereocenters. The smallest absolute Gasteiger partial charge is 0.272 e. The van der Waals surface area contributed by atoms with E-state index in [9.17, 15) is 9.18 Å². The SMILES string of the molecule is Cc1ccc(F)cc1CNC(=O)c1cc(Cn2ccc3ccccc32)[nH]n1. The normalized spacial score (nSPS) is 11.0. The molecular formula is C21H19FN4O. The van der Waals surface area contributed by atoms with Crippen LogP contribution in [0.5, 0.6) is 0 Å². The molecule has 2 aromatic carbocycles. The number of nitrogens with one attached hydrogen (secondary N) is 2. The molecule has 6 heteroatoms. The van der Waals surface area contributed by atoms with Crippen molar-refractivity contribution >= 4 is 16.8 Å². The fraction of sp³-hybridized carbons (Fsp3) is 0.143. The van der Waals surface area contributed by atoms with Crippen molar-refractivity contribution in [1.29, 1.82) is 0 Å². The zero-order valence-corrected chi connectivity index (χ0v) is 14.9. The summed E-state index contributed by atoms with van der Waals surface area (Å²) < 4.78 is 15.5. The first-order chi connectivity index (χ1) is 13.1. The van der Waals surface area contributed by atoms with Crippen molar-refractivity contribution in [2.45, 2.75) is 20.0 Å². The molecule has 4 aromatic rings. The van der Waals surface area contributed by atoms with E-state index in [0.29, 0.717) is 12.2 Å². The number of rotatable bonds is 5. The molecule has 5 nitrogen and oxygen atoms in total. The highest BCUT2D eigenvalue weighted by Gasteiger charge is 2.12. The van der Waals surface area contributed by atoms with Crippen molar-refractivity contribution < 1.29 is 9.18 Å². The number of aromatic amines is 1. The second-order valence-electron chi connectivity index (χ2n) is 6.53. The number of halogens is 1. The summed E-state index contributed by atoms with van der Waals surface area (Å²) in [7, 11) is 0. The van der Waals surface area contributed by atoms with Crippen molar-refractivity contribution in [1.82, 2.24) is 20.1 Å². The van der Waals surface area contributed by atoms with Crippen LogP contribution in [0.2, 0.25) is 0 Å². The highest BCUT2D eigenvalue weighted by molar-refractivity contribution is 5.92. The number of amides is 1. The lowest BCUT2D eigenvalue weighted by molar-refractivity contribution is 0.0946. The number of carbonyl (C=O) groups is 1. The molecule has 0 aliphatic heterocycles. The van der Waals surface area contributed by atoms with Crippen LogP contribution in [0.25, 0.3) is 10.9 Å². The van der Waals surface area contributed by atoms with Crippen LogP contribution in [-0.2, 0) is 13.1 Å². The predicted molar refractivity (Wildman–Crippen MR) is 102 cm³/mol. The van der Waals surface area contributed by atoms with E-state index in [1.165, 1.54) is 17.5 Å². The second-order valence-corrected chi connectivity index (χ2v) is 6.53. The van der Waals surface area contributed by atoms with E-state index in [2.05, 4.69) is 38.3 Å². The molecule has 0 saturated carbocycles. The molecule has 0 aliphatic rings. The molecule has 136 valence electrons. The number of nitrogens with zero attached hydrogens (tertiary/aromatic N) is 2. The Morgan fingerprint density at radius 2 is 2.04 bits per heavy atom. The number of benzene rings is 2. The maximum absolute atomic E-state index is 13.4. The average molecular weight is 362 g/mol. The first-order valence-corrected chi connectivity index (χ1v) is 8.71. The van der Waals surface area contributed by atoms with Crippen LogP contribution < -0.4 is 5.32 Å². The fourth-order valence-corrected chi connectivity index (χ4v) is 3.12. The van der Waals surface area contributed by atoms with Gasteiger partial charge in [-0.05, 0) is 53.8 Å². The lowest BCUT2D eigenvalue weighted by atomic mass is 10.1. The lowest BCUT2D eigenvalue weighted by Gasteiger charge is -2.07. The number of fused-ring (bicyclic) bond motifs is 1. The van der Waals surface area contributed by atoms with Crippen molar-refractivity contribution in [2.24, 2.45) is 0 Å². The van der Waals surface area contributed by atoms with Gasteiger partial charge in [-0.25, -0.2) is 4.39 Å². The standard InChI is InChI=1S/C21H19FN4O/c1-14-6-7-17(22)10-16(14)12-23-21(27)19-11-18(24-25-19)13-26-9-8-15-4-2-3-5-20(15)26/h2-11H,12-13H2,1H3,(H,23,27)(H,24,25). The van der Waals surface area contributed by atoms with Gasteiger partial charge in [0.25, 0.3) is 5.91 Å². The molecule has 0 aliphatic carbocycles. The minimum atomic E-state index is -0.314. The summed E-state index contributed by atoms with van der Waals surface area (Å²) in [5.74, 6) is -0.607. The fourth-order valence-electron chi connectivity index (χ4n) is 3.12. The van der Waals surface area contributed by atoms with Crippen molar-refractivity contribution in [3.63, 3.8) is 0 Å². The number of H-pyrrole nitrogens is 1. The first kappa shape index (κ1) is 17.0.